The lowest BCUT2D eigenvalue weighted by molar-refractivity contribution is 0.787. The van der Waals surface area contributed by atoms with Crippen molar-refractivity contribution in [3.05, 3.63) is 48.0 Å². The van der Waals surface area contributed by atoms with Crippen molar-refractivity contribution in [2.24, 2.45) is 0 Å². The number of para-hydroxylation sites is 1. The molecule has 0 aliphatic carbocycles. The molecule has 0 fully saturated rings. The molecule has 6 nitrogen and oxygen atoms in total. The summed E-state index contributed by atoms with van der Waals surface area (Å²) in [6, 6.07) is 13.2. The molecular weight excluding hydrogens is 252 g/mol. The number of tetrazole rings is 1. The standard InChI is InChI=1S/C14H14N6/c1-9-4-2-3-5-13(9)20-14(17-18-19-20)11-7-6-10(15)8-12(11)16/h2-8H,15-16H2,1H3. The van der Waals surface area contributed by atoms with Crippen LogP contribution in [-0.2, 0) is 0 Å². The van der Waals surface area contributed by atoms with Crippen LogP contribution in [0.25, 0.3) is 17.1 Å². The molecule has 3 rings (SSSR count). The Labute approximate surface area is 116 Å². The van der Waals surface area contributed by atoms with Crippen molar-refractivity contribution in [1.82, 2.24) is 20.2 Å². The van der Waals surface area contributed by atoms with Gasteiger partial charge in [0.15, 0.2) is 5.82 Å². The maximum Gasteiger partial charge on any atom is 0.189 e. The van der Waals surface area contributed by atoms with Gasteiger partial charge in [0.25, 0.3) is 0 Å². The van der Waals surface area contributed by atoms with Crippen LogP contribution >= 0.6 is 0 Å². The molecule has 0 bridgehead atoms. The van der Waals surface area contributed by atoms with Gasteiger partial charge >= 0.3 is 0 Å². The van der Waals surface area contributed by atoms with Crippen LogP contribution in [-0.4, -0.2) is 20.2 Å². The number of nitrogens with two attached hydrogens (primary N) is 2. The third-order valence-electron chi connectivity index (χ3n) is 3.13. The van der Waals surface area contributed by atoms with Crippen LogP contribution in [0.4, 0.5) is 11.4 Å². The Balaban J connectivity index is 2.18. The third kappa shape index (κ3) is 1.97. The summed E-state index contributed by atoms with van der Waals surface area (Å²) in [5.74, 6) is 0.594. The number of hydrogen-bond acceptors (Lipinski definition) is 5. The molecule has 0 atom stereocenters. The molecule has 0 radical (unpaired) electrons. The number of aryl methyl sites for hydroxylation is 1. The molecule has 2 aromatic carbocycles. The quantitative estimate of drug-likeness (QED) is 0.689. The second-order valence-electron chi connectivity index (χ2n) is 4.55. The van der Waals surface area contributed by atoms with Crippen molar-refractivity contribution < 1.29 is 0 Å². The van der Waals surface area contributed by atoms with Crippen LogP contribution in [0.3, 0.4) is 0 Å². The fourth-order valence-corrected chi connectivity index (χ4v) is 2.10. The van der Waals surface area contributed by atoms with E-state index in [1.807, 2.05) is 37.3 Å². The van der Waals surface area contributed by atoms with Crippen LogP contribution in [0.15, 0.2) is 42.5 Å². The van der Waals surface area contributed by atoms with Crippen LogP contribution in [0.1, 0.15) is 5.56 Å². The Hall–Kier alpha value is -2.89. The molecule has 0 saturated heterocycles. The van der Waals surface area contributed by atoms with E-state index in [2.05, 4.69) is 15.5 Å². The summed E-state index contributed by atoms with van der Waals surface area (Å²) in [7, 11) is 0. The van der Waals surface area contributed by atoms with Crippen molar-refractivity contribution in [3.8, 4) is 17.1 Å². The van der Waals surface area contributed by atoms with Crippen molar-refractivity contribution in [2.45, 2.75) is 6.92 Å². The van der Waals surface area contributed by atoms with Crippen molar-refractivity contribution >= 4 is 11.4 Å². The van der Waals surface area contributed by atoms with E-state index in [4.69, 9.17) is 11.5 Å². The monoisotopic (exact) mass is 266 g/mol. The average Bonchev–Trinajstić information content (AvgIpc) is 2.88. The lowest BCUT2D eigenvalue weighted by atomic mass is 10.1. The van der Waals surface area contributed by atoms with E-state index in [0.717, 1.165) is 16.8 Å². The topological polar surface area (TPSA) is 95.6 Å². The first kappa shape index (κ1) is 12.2. The summed E-state index contributed by atoms with van der Waals surface area (Å²) in [6.07, 6.45) is 0. The summed E-state index contributed by atoms with van der Waals surface area (Å²) >= 11 is 0. The van der Waals surface area contributed by atoms with Crippen LogP contribution in [0.2, 0.25) is 0 Å². The molecule has 1 heterocycles. The fourth-order valence-electron chi connectivity index (χ4n) is 2.10. The number of anilines is 2. The highest BCUT2D eigenvalue weighted by atomic mass is 15.5. The fraction of sp³-hybridized carbons (Fsp3) is 0.0714. The third-order valence-corrected chi connectivity index (χ3v) is 3.13. The molecule has 20 heavy (non-hydrogen) atoms. The maximum absolute atomic E-state index is 6.01. The van der Waals surface area contributed by atoms with E-state index >= 15 is 0 Å². The SMILES string of the molecule is Cc1ccccc1-n1nnnc1-c1ccc(N)cc1N. The molecule has 3 aromatic rings. The van der Waals surface area contributed by atoms with Gasteiger partial charge in [0.05, 0.1) is 5.69 Å². The van der Waals surface area contributed by atoms with Gasteiger partial charge in [0, 0.05) is 16.9 Å². The summed E-state index contributed by atoms with van der Waals surface area (Å²) in [5, 5.41) is 11.9. The van der Waals surface area contributed by atoms with Crippen LogP contribution < -0.4 is 11.5 Å². The number of benzene rings is 2. The first-order valence-corrected chi connectivity index (χ1v) is 6.16. The van der Waals surface area contributed by atoms with Gasteiger partial charge in [0.2, 0.25) is 0 Å². The van der Waals surface area contributed by atoms with Gasteiger partial charge in [-0.25, -0.2) is 0 Å². The van der Waals surface area contributed by atoms with E-state index in [1.54, 1.807) is 16.8 Å². The summed E-state index contributed by atoms with van der Waals surface area (Å²) in [6.45, 7) is 2.01. The highest BCUT2D eigenvalue weighted by Gasteiger charge is 2.14. The van der Waals surface area contributed by atoms with Gasteiger partial charge in [-0.1, -0.05) is 18.2 Å². The van der Waals surface area contributed by atoms with Gasteiger partial charge in [-0.2, -0.15) is 4.68 Å². The number of hydrogen-bond donors (Lipinski definition) is 2. The van der Waals surface area contributed by atoms with Crippen molar-refractivity contribution in [1.29, 1.82) is 0 Å². The van der Waals surface area contributed by atoms with E-state index < -0.39 is 0 Å². The molecule has 0 aliphatic rings. The smallest absolute Gasteiger partial charge is 0.189 e. The Morgan fingerprint density at radius 1 is 1.05 bits per heavy atom. The lowest BCUT2D eigenvalue weighted by Gasteiger charge is -2.09. The summed E-state index contributed by atoms with van der Waals surface area (Å²) < 4.78 is 1.68. The van der Waals surface area contributed by atoms with E-state index in [1.165, 1.54) is 0 Å². The molecule has 0 saturated carbocycles. The number of aromatic nitrogens is 4. The Kier molecular flexibility index (Phi) is 2.83. The first-order chi connectivity index (χ1) is 9.66. The van der Waals surface area contributed by atoms with Gasteiger partial charge in [-0.3, -0.25) is 0 Å². The van der Waals surface area contributed by atoms with Gasteiger partial charge < -0.3 is 11.5 Å². The van der Waals surface area contributed by atoms with E-state index in [-0.39, 0.29) is 0 Å². The Morgan fingerprint density at radius 3 is 2.60 bits per heavy atom. The van der Waals surface area contributed by atoms with Crippen molar-refractivity contribution in [2.75, 3.05) is 11.5 Å². The minimum atomic E-state index is 0.551. The van der Waals surface area contributed by atoms with Crippen molar-refractivity contribution in [3.63, 3.8) is 0 Å². The highest BCUT2D eigenvalue weighted by Crippen LogP contribution is 2.27. The Bertz CT molecular complexity index is 762. The summed E-state index contributed by atoms with van der Waals surface area (Å²) in [4.78, 5) is 0. The van der Waals surface area contributed by atoms with E-state index in [9.17, 15) is 0 Å². The maximum atomic E-state index is 6.01. The zero-order valence-corrected chi connectivity index (χ0v) is 11.0. The lowest BCUT2D eigenvalue weighted by Crippen LogP contribution is -2.03. The molecule has 0 aliphatic heterocycles. The number of rotatable bonds is 2. The van der Waals surface area contributed by atoms with Gasteiger partial charge in [-0.05, 0) is 47.2 Å². The zero-order valence-electron chi connectivity index (χ0n) is 11.0. The average molecular weight is 266 g/mol. The number of nitrogens with zero attached hydrogens (tertiary/aromatic N) is 4. The predicted molar refractivity (Wildman–Crippen MR) is 78.2 cm³/mol. The molecule has 100 valence electrons. The molecule has 0 unspecified atom stereocenters. The predicted octanol–water partition coefficient (Wildman–Crippen LogP) is 1.80. The van der Waals surface area contributed by atoms with Gasteiger partial charge in [-0.15, -0.1) is 5.10 Å². The van der Waals surface area contributed by atoms with Crippen LogP contribution in [0, 0.1) is 6.92 Å². The minimum absolute atomic E-state index is 0.551. The summed E-state index contributed by atoms with van der Waals surface area (Å²) in [5.41, 5.74) is 15.6. The molecule has 0 spiro atoms. The second kappa shape index (κ2) is 4.65. The molecule has 6 heteroatoms. The van der Waals surface area contributed by atoms with E-state index in [0.29, 0.717) is 17.2 Å². The highest BCUT2D eigenvalue weighted by molar-refractivity contribution is 5.75. The molecular formula is C14H14N6. The first-order valence-electron chi connectivity index (χ1n) is 6.16. The largest absolute Gasteiger partial charge is 0.399 e. The Morgan fingerprint density at radius 2 is 1.85 bits per heavy atom. The van der Waals surface area contributed by atoms with Crippen LogP contribution in [0.5, 0.6) is 0 Å². The zero-order chi connectivity index (χ0) is 14.1. The number of nitrogen functional groups attached to an aromatic ring is 2. The molecule has 4 N–H and O–H groups in total. The molecule has 0 amide bonds. The second-order valence-corrected chi connectivity index (χ2v) is 4.55. The normalized spacial score (nSPS) is 10.7. The molecule has 1 aromatic heterocycles. The van der Waals surface area contributed by atoms with Gasteiger partial charge in [0.1, 0.15) is 0 Å². The minimum Gasteiger partial charge on any atom is -0.399 e.